The number of ether oxygens (including phenoxy) is 1. The van der Waals surface area contributed by atoms with E-state index in [0.29, 0.717) is 12.3 Å². The first-order valence-corrected chi connectivity index (χ1v) is 7.45. The highest BCUT2D eigenvalue weighted by molar-refractivity contribution is 7.89. The highest BCUT2D eigenvalue weighted by atomic mass is 32.2. The molecule has 0 amide bonds. The lowest BCUT2D eigenvalue weighted by molar-refractivity contribution is 0.0421. The van der Waals surface area contributed by atoms with Gasteiger partial charge in [-0.1, -0.05) is 0 Å². The van der Waals surface area contributed by atoms with Crippen molar-refractivity contribution >= 4 is 10.0 Å². The second kappa shape index (κ2) is 6.54. The van der Waals surface area contributed by atoms with Gasteiger partial charge in [0.15, 0.2) is 0 Å². The predicted molar refractivity (Wildman–Crippen MR) is 63.6 cm³/mol. The minimum absolute atomic E-state index is 0.0680. The van der Waals surface area contributed by atoms with E-state index in [4.69, 9.17) is 9.88 Å². The topological polar surface area (TPSA) is 72.6 Å². The molecule has 1 fully saturated rings. The lowest BCUT2D eigenvalue weighted by Gasteiger charge is -2.26. The third-order valence-corrected chi connectivity index (χ3v) is 3.65. The molecule has 6 heteroatoms. The first kappa shape index (κ1) is 13.9. The Morgan fingerprint density at radius 2 is 2.25 bits per heavy atom. The van der Waals surface area contributed by atoms with Gasteiger partial charge in [0.1, 0.15) is 0 Å². The third kappa shape index (κ3) is 6.42. The lowest BCUT2D eigenvalue weighted by Crippen LogP contribution is -2.32. The summed E-state index contributed by atoms with van der Waals surface area (Å²) in [6.07, 6.45) is 2.94. The molecule has 2 N–H and O–H groups in total. The maximum absolute atomic E-state index is 10.7. The normalized spacial score (nSPS) is 22.6. The second-order valence-corrected chi connectivity index (χ2v) is 6.30. The van der Waals surface area contributed by atoms with E-state index in [2.05, 4.69) is 4.90 Å². The Hall–Kier alpha value is -0.170. The van der Waals surface area contributed by atoms with E-state index < -0.39 is 10.0 Å². The first-order chi connectivity index (χ1) is 7.47. The van der Waals surface area contributed by atoms with Gasteiger partial charge in [-0.15, -0.1) is 0 Å². The summed E-state index contributed by atoms with van der Waals surface area (Å²) in [6, 6.07) is 0. The van der Waals surface area contributed by atoms with Crippen LogP contribution >= 0.6 is 0 Å². The van der Waals surface area contributed by atoms with Crippen LogP contribution in [0, 0.1) is 5.92 Å². The molecule has 1 heterocycles. The van der Waals surface area contributed by atoms with Gasteiger partial charge < -0.3 is 9.64 Å². The standard InChI is InChI=1S/C10H22N2O3S/c1-12(5-3-7-16(11,13)14)8-10-4-2-6-15-9-10/h10H,2-9H2,1H3,(H2,11,13,14). The van der Waals surface area contributed by atoms with Crippen molar-refractivity contribution in [2.24, 2.45) is 11.1 Å². The molecule has 96 valence electrons. The zero-order valence-corrected chi connectivity index (χ0v) is 10.7. The zero-order chi connectivity index (χ0) is 12.0. The van der Waals surface area contributed by atoms with Crippen LogP contribution in [-0.2, 0) is 14.8 Å². The van der Waals surface area contributed by atoms with Crippen LogP contribution < -0.4 is 5.14 Å². The van der Waals surface area contributed by atoms with Crippen LogP contribution in [0.3, 0.4) is 0 Å². The number of primary sulfonamides is 1. The van der Waals surface area contributed by atoms with Crippen LogP contribution in [0.1, 0.15) is 19.3 Å². The monoisotopic (exact) mass is 250 g/mol. The Bertz CT molecular complexity index is 286. The fourth-order valence-corrected chi connectivity index (χ4v) is 2.55. The molecule has 0 spiro atoms. The number of sulfonamides is 1. The fourth-order valence-electron chi connectivity index (χ4n) is 2.02. The van der Waals surface area contributed by atoms with Gasteiger partial charge in [0.05, 0.1) is 12.4 Å². The molecule has 1 aliphatic rings. The van der Waals surface area contributed by atoms with Crippen molar-refractivity contribution in [3.8, 4) is 0 Å². The Labute approximate surface area is 98.0 Å². The van der Waals surface area contributed by atoms with E-state index in [1.165, 1.54) is 6.42 Å². The average Bonchev–Trinajstić information content (AvgIpc) is 2.17. The number of nitrogens with zero attached hydrogens (tertiary/aromatic N) is 1. The van der Waals surface area contributed by atoms with Crippen LogP contribution in [0.5, 0.6) is 0 Å². The largest absolute Gasteiger partial charge is 0.381 e. The van der Waals surface area contributed by atoms with Gasteiger partial charge in [0.2, 0.25) is 10.0 Å². The fraction of sp³-hybridized carbons (Fsp3) is 1.00. The number of rotatable bonds is 6. The van der Waals surface area contributed by atoms with Gasteiger partial charge in [0.25, 0.3) is 0 Å². The summed E-state index contributed by atoms with van der Waals surface area (Å²) < 4.78 is 26.9. The van der Waals surface area contributed by atoms with Crippen molar-refractivity contribution < 1.29 is 13.2 Å². The Morgan fingerprint density at radius 3 is 2.81 bits per heavy atom. The van der Waals surface area contributed by atoms with Gasteiger partial charge in [0, 0.05) is 13.2 Å². The molecule has 1 aliphatic heterocycles. The third-order valence-electron chi connectivity index (χ3n) is 2.79. The molecule has 0 aromatic rings. The highest BCUT2D eigenvalue weighted by Crippen LogP contribution is 2.14. The molecule has 0 radical (unpaired) electrons. The van der Waals surface area contributed by atoms with E-state index in [1.54, 1.807) is 0 Å². The quantitative estimate of drug-likeness (QED) is 0.721. The second-order valence-electron chi connectivity index (χ2n) is 4.57. The smallest absolute Gasteiger partial charge is 0.209 e. The van der Waals surface area contributed by atoms with E-state index >= 15 is 0 Å². The Morgan fingerprint density at radius 1 is 1.50 bits per heavy atom. The maximum Gasteiger partial charge on any atom is 0.209 e. The molecular formula is C10H22N2O3S. The number of nitrogens with two attached hydrogens (primary N) is 1. The summed E-state index contributed by atoms with van der Waals surface area (Å²) in [5.41, 5.74) is 0. The van der Waals surface area contributed by atoms with Crippen LogP contribution in [0.15, 0.2) is 0 Å². The zero-order valence-electron chi connectivity index (χ0n) is 9.89. The van der Waals surface area contributed by atoms with Gasteiger partial charge in [-0.25, -0.2) is 13.6 Å². The summed E-state index contributed by atoms with van der Waals surface area (Å²) >= 11 is 0. The minimum atomic E-state index is -3.30. The van der Waals surface area contributed by atoms with Crippen molar-refractivity contribution in [1.82, 2.24) is 4.90 Å². The first-order valence-electron chi connectivity index (χ1n) is 5.74. The van der Waals surface area contributed by atoms with Crippen LogP contribution in [0.2, 0.25) is 0 Å². The highest BCUT2D eigenvalue weighted by Gasteiger charge is 2.15. The number of hydrogen-bond acceptors (Lipinski definition) is 4. The molecule has 16 heavy (non-hydrogen) atoms. The molecule has 1 atom stereocenters. The van der Waals surface area contributed by atoms with Crippen molar-refractivity contribution in [3.63, 3.8) is 0 Å². The summed E-state index contributed by atoms with van der Waals surface area (Å²) in [5.74, 6) is 0.659. The summed E-state index contributed by atoms with van der Waals surface area (Å²) in [5, 5.41) is 4.94. The molecule has 1 rings (SSSR count). The van der Waals surface area contributed by atoms with Gasteiger partial charge in [-0.05, 0) is 38.8 Å². The molecule has 5 nitrogen and oxygen atoms in total. The molecule has 1 unspecified atom stereocenters. The van der Waals surface area contributed by atoms with E-state index in [1.807, 2.05) is 7.05 Å². The number of hydrogen-bond donors (Lipinski definition) is 1. The van der Waals surface area contributed by atoms with Gasteiger partial charge >= 0.3 is 0 Å². The SMILES string of the molecule is CN(CCCS(N)(=O)=O)CC1CCCOC1. The summed E-state index contributed by atoms with van der Waals surface area (Å²) in [4.78, 5) is 2.16. The van der Waals surface area contributed by atoms with Crippen molar-refractivity contribution in [2.45, 2.75) is 19.3 Å². The van der Waals surface area contributed by atoms with Gasteiger partial charge in [-0.2, -0.15) is 0 Å². The predicted octanol–water partition coefficient (Wildman–Crippen LogP) is 0.0234. The van der Waals surface area contributed by atoms with Crippen LogP contribution in [0.4, 0.5) is 0 Å². The minimum Gasteiger partial charge on any atom is -0.381 e. The van der Waals surface area contributed by atoms with Crippen molar-refractivity contribution in [2.75, 3.05) is 39.1 Å². The molecule has 0 aliphatic carbocycles. The van der Waals surface area contributed by atoms with Gasteiger partial charge in [-0.3, -0.25) is 0 Å². The Kier molecular flexibility index (Phi) is 5.68. The van der Waals surface area contributed by atoms with Crippen molar-refractivity contribution in [3.05, 3.63) is 0 Å². The van der Waals surface area contributed by atoms with E-state index in [-0.39, 0.29) is 5.75 Å². The molecule has 1 saturated heterocycles. The molecular weight excluding hydrogens is 228 g/mol. The van der Waals surface area contributed by atoms with Crippen molar-refractivity contribution in [1.29, 1.82) is 0 Å². The lowest BCUT2D eigenvalue weighted by atomic mass is 10.0. The Balaban J connectivity index is 2.12. The average molecular weight is 250 g/mol. The van der Waals surface area contributed by atoms with Crippen LogP contribution in [-0.4, -0.2) is 52.4 Å². The van der Waals surface area contributed by atoms with E-state index in [9.17, 15) is 8.42 Å². The maximum atomic E-state index is 10.7. The molecule has 0 aromatic heterocycles. The van der Waals surface area contributed by atoms with Crippen LogP contribution in [0.25, 0.3) is 0 Å². The summed E-state index contributed by atoms with van der Waals surface area (Å²) in [7, 11) is -1.29. The molecule has 0 saturated carbocycles. The summed E-state index contributed by atoms with van der Waals surface area (Å²) in [6.45, 7) is 3.46. The molecule has 0 bridgehead atoms. The molecule has 0 aromatic carbocycles. The van der Waals surface area contributed by atoms with E-state index in [0.717, 1.165) is 32.7 Å².